The molecule has 0 saturated carbocycles. The van der Waals surface area contributed by atoms with Crippen LogP contribution < -0.4 is 21.3 Å². The van der Waals surface area contributed by atoms with Gasteiger partial charge in [-0.1, -0.05) is 17.7 Å². The zero-order valence-corrected chi connectivity index (χ0v) is 15.7. The average Bonchev–Trinajstić information content (AvgIpc) is 2.92. The molecule has 9 nitrogen and oxygen atoms in total. The van der Waals surface area contributed by atoms with Gasteiger partial charge in [0.25, 0.3) is 5.56 Å². The molecule has 4 rings (SSSR count). The summed E-state index contributed by atoms with van der Waals surface area (Å²) >= 11 is 0. The third-order valence-corrected chi connectivity index (χ3v) is 5.10. The summed E-state index contributed by atoms with van der Waals surface area (Å²) < 4.78 is 3.69. The maximum absolute atomic E-state index is 12.9. The summed E-state index contributed by atoms with van der Waals surface area (Å²) in [5.41, 5.74) is 1.18. The second-order valence-corrected chi connectivity index (χ2v) is 7.03. The van der Waals surface area contributed by atoms with Gasteiger partial charge >= 0.3 is 5.69 Å². The van der Waals surface area contributed by atoms with Gasteiger partial charge in [0.15, 0.2) is 11.2 Å². The van der Waals surface area contributed by atoms with Gasteiger partial charge in [0.2, 0.25) is 5.95 Å². The van der Waals surface area contributed by atoms with Crippen molar-refractivity contribution in [3.8, 4) is 0 Å². The lowest BCUT2D eigenvalue weighted by molar-refractivity contribution is -0.306. The van der Waals surface area contributed by atoms with E-state index >= 15 is 0 Å². The van der Waals surface area contributed by atoms with Crippen LogP contribution in [0.25, 0.3) is 11.2 Å². The first-order valence-electron chi connectivity index (χ1n) is 9.12. The summed E-state index contributed by atoms with van der Waals surface area (Å²) in [5.74, 6) is -0.912. The summed E-state index contributed by atoms with van der Waals surface area (Å²) in [6, 6.07) is 8.02. The molecule has 0 amide bonds. The Morgan fingerprint density at radius 3 is 2.50 bits per heavy atom. The van der Waals surface area contributed by atoms with Gasteiger partial charge in [-0.3, -0.25) is 13.9 Å². The lowest BCUT2D eigenvalue weighted by Gasteiger charge is -2.22. The minimum Gasteiger partial charge on any atom is -0.548 e. The molecule has 3 heterocycles. The van der Waals surface area contributed by atoms with Crippen LogP contribution in [0.15, 0.2) is 33.9 Å². The van der Waals surface area contributed by atoms with Crippen molar-refractivity contribution >= 4 is 28.8 Å². The molecule has 1 aliphatic heterocycles. The van der Waals surface area contributed by atoms with Gasteiger partial charge in [-0.15, -0.1) is 0 Å². The lowest BCUT2D eigenvalue weighted by Crippen LogP contribution is -2.44. The number of benzene rings is 1. The van der Waals surface area contributed by atoms with Gasteiger partial charge in [0.1, 0.15) is 0 Å². The number of hydrogen-bond donors (Lipinski definition) is 0. The highest BCUT2D eigenvalue weighted by molar-refractivity contribution is 5.77. The Labute approximate surface area is 160 Å². The third kappa shape index (κ3) is 2.79. The molecule has 0 bridgehead atoms. The number of aromatic nitrogens is 4. The van der Waals surface area contributed by atoms with Crippen molar-refractivity contribution in [2.24, 2.45) is 7.05 Å². The number of aryl methyl sites for hydroxylation is 3. The van der Waals surface area contributed by atoms with E-state index in [4.69, 9.17) is 0 Å². The normalized spacial score (nSPS) is 14.1. The second-order valence-electron chi connectivity index (χ2n) is 7.03. The molecule has 1 aromatic carbocycles. The monoisotopic (exact) mass is 382 g/mol. The molecule has 0 fully saturated rings. The van der Waals surface area contributed by atoms with E-state index in [9.17, 15) is 19.5 Å². The van der Waals surface area contributed by atoms with E-state index in [-0.39, 0.29) is 11.2 Å². The van der Waals surface area contributed by atoms with Crippen LogP contribution in [0.3, 0.4) is 0 Å². The van der Waals surface area contributed by atoms with Gasteiger partial charge in [0, 0.05) is 25.8 Å². The first kappa shape index (κ1) is 18.0. The number of carbonyl (C=O) groups is 1. The van der Waals surface area contributed by atoms with Crippen LogP contribution in [0.2, 0.25) is 0 Å². The Bertz CT molecular complexity index is 1190. The molecule has 3 aromatic rings. The number of rotatable bonds is 3. The van der Waals surface area contributed by atoms with E-state index in [0.29, 0.717) is 17.1 Å². The van der Waals surface area contributed by atoms with Crippen molar-refractivity contribution in [3.63, 3.8) is 0 Å². The summed E-state index contributed by atoms with van der Waals surface area (Å²) in [6.45, 7) is 2.52. The van der Waals surface area contributed by atoms with Crippen LogP contribution in [0.4, 0.5) is 11.6 Å². The minimum atomic E-state index is -1.49. The predicted octanol–water partition coefficient (Wildman–Crippen LogP) is -0.113. The molecule has 0 atom stereocenters. The average molecular weight is 382 g/mol. The second kappa shape index (κ2) is 6.66. The third-order valence-electron chi connectivity index (χ3n) is 5.10. The van der Waals surface area contributed by atoms with Crippen molar-refractivity contribution in [2.45, 2.75) is 32.9 Å². The maximum Gasteiger partial charge on any atom is 0.332 e. The fraction of sp³-hybridized carbons (Fsp3) is 0.368. The Kier molecular flexibility index (Phi) is 4.29. The predicted molar refractivity (Wildman–Crippen MR) is 102 cm³/mol. The number of fused-ring (bicyclic) bond motifs is 3. The molecule has 0 aliphatic carbocycles. The summed E-state index contributed by atoms with van der Waals surface area (Å²) in [7, 11) is 1.49. The number of aliphatic carboxylic acids is 1. The van der Waals surface area contributed by atoms with Gasteiger partial charge in [0.05, 0.1) is 12.5 Å². The highest BCUT2D eigenvalue weighted by atomic mass is 16.4. The van der Waals surface area contributed by atoms with Crippen molar-refractivity contribution in [3.05, 3.63) is 50.7 Å². The van der Waals surface area contributed by atoms with Crippen molar-refractivity contribution in [1.29, 1.82) is 0 Å². The number of carboxylic acids is 1. The quantitative estimate of drug-likeness (QED) is 0.626. The number of anilines is 2. The van der Waals surface area contributed by atoms with Crippen LogP contribution in [0, 0.1) is 6.92 Å². The SMILES string of the molecule is Cc1ccc(N2CCCCn3c2nc2c3c(=O)n(CC(=O)[O-])c(=O)n2C)cc1. The van der Waals surface area contributed by atoms with Crippen molar-refractivity contribution in [2.75, 3.05) is 11.4 Å². The first-order valence-corrected chi connectivity index (χ1v) is 9.12. The molecule has 0 unspecified atom stereocenters. The van der Waals surface area contributed by atoms with Crippen LogP contribution in [-0.2, 0) is 24.9 Å². The Hall–Kier alpha value is -3.36. The van der Waals surface area contributed by atoms with E-state index in [2.05, 4.69) is 4.98 Å². The first-order chi connectivity index (χ1) is 13.4. The Morgan fingerprint density at radius 1 is 1.14 bits per heavy atom. The number of carbonyl (C=O) groups excluding carboxylic acids is 1. The molecular formula is C19H20N5O4-. The topological polar surface area (TPSA) is 105 Å². The van der Waals surface area contributed by atoms with Gasteiger partial charge in [-0.2, -0.15) is 4.98 Å². The highest BCUT2D eigenvalue weighted by Gasteiger charge is 2.25. The standard InChI is InChI=1S/C19H21N5O4/c1-12-5-7-13(8-6-12)22-9-3-4-10-23-15-16(20-18(22)23)21(2)19(28)24(17(15)27)11-14(25)26/h5-8H,3-4,9-11H2,1-2H3,(H,25,26)/p-1. The number of hydrogen-bond acceptors (Lipinski definition) is 6. The minimum absolute atomic E-state index is 0.234. The molecule has 0 spiro atoms. The molecular weight excluding hydrogens is 362 g/mol. The molecule has 0 N–H and O–H groups in total. The molecule has 1 aliphatic rings. The molecule has 28 heavy (non-hydrogen) atoms. The number of carboxylic acid groups (broad SMARTS) is 1. The number of nitrogens with zero attached hydrogens (tertiary/aromatic N) is 5. The van der Waals surface area contributed by atoms with Crippen LogP contribution in [0.5, 0.6) is 0 Å². The zero-order valence-electron chi connectivity index (χ0n) is 15.7. The maximum atomic E-state index is 12.9. The fourth-order valence-corrected chi connectivity index (χ4v) is 3.66. The number of imidazole rings is 1. The smallest absolute Gasteiger partial charge is 0.332 e. The largest absolute Gasteiger partial charge is 0.548 e. The van der Waals surface area contributed by atoms with E-state index in [0.717, 1.165) is 30.6 Å². The van der Waals surface area contributed by atoms with Gasteiger partial charge < -0.3 is 19.4 Å². The molecule has 0 saturated heterocycles. The molecule has 2 aromatic heterocycles. The van der Waals surface area contributed by atoms with Crippen molar-refractivity contribution < 1.29 is 9.90 Å². The lowest BCUT2D eigenvalue weighted by atomic mass is 10.2. The van der Waals surface area contributed by atoms with Gasteiger partial charge in [-0.25, -0.2) is 4.79 Å². The van der Waals surface area contributed by atoms with Crippen LogP contribution >= 0.6 is 0 Å². The van der Waals surface area contributed by atoms with Crippen LogP contribution in [0.1, 0.15) is 18.4 Å². The van der Waals surface area contributed by atoms with Crippen molar-refractivity contribution in [1.82, 2.24) is 18.7 Å². The summed E-state index contributed by atoms with van der Waals surface area (Å²) in [6.07, 6.45) is 1.75. The molecule has 146 valence electrons. The summed E-state index contributed by atoms with van der Waals surface area (Å²) in [5, 5.41) is 11.0. The van der Waals surface area contributed by atoms with Crippen LogP contribution in [-0.4, -0.2) is 31.2 Å². The highest BCUT2D eigenvalue weighted by Crippen LogP contribution is 2.30. The zero-order chi connectivity index (χ0) is 20.0. The summed E-state index contributed by atoms with van der Waals surface area (Å²) in [4.78, 5) is 43.1. The van der Waals surface area contributed by atoms with E-state index in [1.807, 2.05) is 36.1 Å². The van der Waals surface area contributed by atoms with Gasteiger partial charge in [-0.05, 0) is 31.9 Å². The van der Waals surface area contributed by atoms with E-state index < -0.39 is 23.8 Å². The Balaban J connectivity index is 2.00. The Morgan fingerprint density at radius 2 is 1.82 bits per heavy atom. The molecule has 9 heteroatoms. The fourth-order valence-electron chi connectivity index (χ4n) is 3.66. The van der Waals surface area contributed by atoms with E-state index in [1.165, 1.54) is 11.6 Å². The molecule has 0 radical (unpaired) electrons. The van der Waals surface area contributed by atoms with E-state index in [1.54, 1.807) is 4.57 Å².